The average Bonchev–Trinajstić information content (AvgIpc) is 3.53. The highest BCUT2D eigenvalue weighted by Gasteiger charge is 2.44. The van der Waals surface area contributed by atoms with Crippen molar-refractivity contribution < 1.29 is 9.37 Å². The highest BCUT2D eigenvalue weighted by Crippen LogP contribution is 2.51. The van der Waals surface area contributed by atoms with Gasteiger partial charge in [-0.05, 0) is 114 Å². The quantitative estimate of drug-likeness (QED) is 0.0488. The Labute approximate surface area is 326 Å². The van der Waals surface area contributed by atoms with Crippen LogP contribution in [0.25, 0.3) is 32.0 Å². The van der Waals surface area contributed by atoms with Crippen molar-refractivity contribution in [2.45, 2.75) is 89.9 Å². The first-order valence-electron chi connectivity index (χ1n) is 20.1. The lowest BCUT2D eigenvalue weighted by Crippen LogP contribution is -2.27. The lowest BCUT2D eigenvalue weighted by atomic mass is 9.79. The Morgan fingerprint density at radius 1 is 0.855 bits per heavy atom. The zero-order valence-electron chi connectivity index (χ0n) is 33.2. The van der Waals surface area contributed by atoms with Gasteiger partial charge in [-0.2, -0.15) is 4.58 Å². The summed E-state index contributed by atoms with van der Waals surface area (Å²) in [7, 11) is 2.21. The Morgan fingerprint density at radius 2 is 1.58 bits per heavy atom. The highest BCUT2D eigenvalue weighted by molar-refractivity contribution is 6.07. The molecule has 0 radical (unpaired) electrons. The molecule has 0 spiro atoms. The van der Waals surface area contributed by atoms with E-state index in [1.807, 2.05) is 0 Å². The Morgan fingerprint density at radius 3 is 2.35 bits per heavy atom. The zero-order chi connectivity index (χ0) is 38.6. The van der Waals surface area contributed by atoms with Crippen molar-refractivity contribution in [3.05, 3.63) is 142 Å². The van der Waals surface area contributed by atoms with E-state index in [4.69, 9.17) is 5.53 Å². The van der Waals surface area contributed by atoms with E-state index < -0.39 is 0 Å². The van der Waals surface area contributed by atoms with Gasteiger partial charge in [0.1, 0.15) is 7.05 Å². The van der Waals surface area contributed by atoms with Crippen molar-refractivity contribution in [1.82, 2.24) is 5.32 Å². The smallest absolute Gasteiger partial charge is 0.219 e. The molecule has 0 saturated carbocycles. The molecule has 0 bridgehead atoms. The maximum atomic E-state index is 12.4. The van der Waals surface area contributed by atoms with Gasteiger partial charge < -0.3 is 10.2 Å². The molecule has 7 rings (SSSR count). The second-order valence-electron chi connectivity index (χ2n) is 16.4. The van der Waals surface area contributed by atoms with Crippen molar-refractivity contribution in [1.29, 1.82) is 0 Å². The molecule has 7 nitrogen and oxygen atoms in total. The number of amides is 1. The number of anilines is 1. The normalized spacial score (nSPS) is 18.6. The number of carbonyl (C=O) groups is 1. The predicted molar refractivity (Wildman–Crippen MR) is 229 cm³/mol. The van der Waals surface area contributed by atoms with Gasteiger partial charge in [0, 0.05) is 65.5 Å². The number of allylic oxidation sites excluding steroid dienone is 8. The standard InChI is InChI=1S/C48H54N6O/c1-47(2)42(53(5)40-26-24-36-17-8-10-19-38(36)45(40)47)28-22-34-15-13-16-35(33-34)23-29-43-48(3,4)46-39-20-11-9-18-37(39)25-27-41(46)54(43)32-12-6-7-21-44(55)50-30-14-31-51-52-49/h8-11,17-20,22-29,33H,6-7,12-16,21,30-32H2,1-5H3/p+1. The van der Waals surface area contributed by atoms with Gasteiger partial charge in [-0.1, -0.05) is 98.2 Å². The number of hydrogen-bond donors (Lipinski definition) is 1. The first-order valence-corrected chi connectivity index (χ1v) is 20.1. The van der Waals surface area contributed by atoms with Crippen LogP contribution in [0.5, 0.6) is 0 Å². The molecule has 2 heterocycles. The van der Waals surface area contributed by atoms with Gasteiger partial charge in [0.2, 0.25) is 11.6 Å². The minimum absolute atomic E-state index is 0.0679. The number of hydrogen-bond acceptors (Lipinski definition) is 3. The molecule has 0 atom stereocenters. The first-order chi connectivity index (χ1) is 26.6. The third-order valence-corrected chi connectivity index (χ3v) is 12.0. The SMILES string of the molecule is C[N+]1=C(/C=C\C2=CC(=C/C=C3/N(CCCCCC(=O)NCCCN=[N+]=[N-])c4ccc5ccccc5c4C3(C)C)/CCC2)C(C)(C)c2c1ccc1ccccc21. The fourth-order valence-corrected chi connectivity index (χ4v) is 9.23. The Bertz CT molecular complexity index is 2330. The average molecular weight is 732 g/mol. The molecular formula is C48H55N6O+. The highest BCUT2D eigenvalue weighted by atomic mass is 16.1. The molecule has 3 aliphatic rings. The third kappa shape index (κ3) is 7.63. The molecule has 55 heavy (non-hydrogen) atoms. The molecular weight excluding hydrogens is 677 g/mol. The van der Waals surface area contributed by atoms with Gasteiger partial charge in [-0.3, -0.25) is 4.79 Å². The summed E-state index contributed by atoms with van der Waals surface area (Å²) < 4.78 is 2.38. The molecule has 1 aliphatic carbocycles. The van der Waals surface area contributed by atoms with Crippen LogP contribution in [0.3, 0.4) is 0 Å². The molecule has 2 aliphatic heterocycles. The summed E-state index contributed by atoms with van der Waals surface area (Å²) in [6.07, 6.45) is 19.2. The van der Waals surface area contributed by atoms with E-state index in [0.717, 1.165) is 45.1 Å². The zero-order valence-corrected chi connectivity index (χ0v) is 33.2. The van der Waals surface area contributed by atoms with Crippen LogP contribution in [0.1, 0.15) is 90.2 Å². The summed E-state index contributed by atoms with van der Waals surface area (Å²) in [4.78, 5) is 17.7. The molecule has 0 fully saturated rings. The minimum Gasteiger partial charge on any atom is -0.356 e. The largest absolute Gasteiger partial charge is 0.356 e. The van der Waals surface area contributed by atoms with E-state index in [1.54, 1.807) is 0 Å². The van der Waals surface area contributed by atoms with Crippen LogP contribution in [0, 0.1) is 0 Å². The van der Waals surface area contributed by atoms with E-state index >= 15 is 0 Å². The summed E-state index contributed by atoms with van der Waals surface area (Å²) in [5.41, 5.74) is 19.0. The first kappa shape index (κ1) is 37.9. The lowest BCUT2D eigenvalue weighted by Gasteiger charge is -2.27. The number of rotatable bonds is 13. The van der Waals surface area contributed by atoms with Crippen LogP contribution in [0.15, 0.2) is 125 Å². The Hall–Kier alpha value is -5.39. The summed E-state index contributed by atoms with van der Waals surface area (Å²) in [5.74, 6) is 0.0679. The van der Waals surface area contributed by atoms with E-state index in [0.29, 0.717) is 25.9 Å². The molecule has 7 heteroatoms. The molecule has 0 aromatic heterocycles. The Kier molecular flexibility index (Phi) is 11.1. The lowest BCUT2D eigenvalue weighted by molar-refractivity contribution is -0.401. The number of carbonyl (C=O) groups excluding carboxylic acids is 1. The molecule has 4 aromatic carbocycles. The monoisotopic (exact) mass is 731 g/mol. The molecule has 0 saturated heterocycles. The van der Waals surface area contributed by atoms with Crippen molar-refractivity contribution in [2.75, 3.05) is 31.6 Å². The number of nitrogens with zero attached hydrogens (tertiary/aromatic N) is 5. The topological polar surface area (TPSA) is 84.1 Å². The molecule has 0 unspecified atom stereocenters. The number of fused-ring (bicyclic) bond motifs is 6. The number of nitrogens with one attached hydrogen (secondary N) is 1. The second-order valence-corrected chi connectivity index (χ2v) is 16.4. The molecule has 4 aromatic rings. The van der Waals surface area contributed by atoms with Crippen LogP contribution in [0.4, 0.5) is 11.4 Å². The fraction of sp³-hybridized carbons (Fsp3) is 0.375. The fourth-order valence-electron chi connectivity index (χ4n) is 9.23. The van der Waals surface area contributed by atoms with Crippen LogP contribution in [-0.2, 0) is 15.6 Å². The van der Waals surface area contributed by atoms with Crippen molar-refractivity contribution in [3.63, 3.8) is 0 Å². The van der Waals surface area contributed by atoms with Gasteiger partial charge >= 0.3 is 0 Å². The van der Waals surface area contributed by atoms with Crippen LogP contribution in [0.2, 0.25) is 0 Å². The van der Waals surface area contributed by atoms with Gasteiger partial charge in [0.15, 0.2) is 5.71 Å². The van der Waals surface area contributed by atoms with Crippen molar-refractivity contribution >= 4 is 44.5 Å². The number of unbranched alkanes of at least 4 members (excludes halogenated alkanes) is 2. The van der Waals surface area contributed by atoms with E-state index in [-0.39, 0.29) is 16.7 Å². The summed E-state index contributed by atoms with van der Waals surface area (Å²) in [6, 6.07) is 26.6. The molecule has 1 amide bonds. The minimum atomic E-state index is -0.168. The van der Waals surface area contributed by atoms with Crippen LogP contribution in [-0.4, -0.2) is 42.9 Å². The van der Waals surface area contributed by atoms with Gasteiger partial charge in [-0.25, -0.2) is 0 Å². The van der Waals surface area contributed by atoms with E-state index in [2.05, 4.69) is 163 Å². The third-order valence-electron chi connectivity index (χ3n) is 12.0. The van der Waals surface area contributed by atoms with Gasteiger partial charge in [-0.15, -0.1) is 0 Å². The summed E-state index contributed by atoms with van der Waals surface area (Å²) in [5, 5.41) is 11.7. The maximum Gasteiger partial charge on any atom is 0.219 e. The maximum absolute atomic E-state index is 12.4. The predicted octanol–water partition coefficient (Wildman–Crippen LogP) is 11.7. The van der Waals surface area contributed by atoms with Crippen LogP contribution >= 0.6 is 0 Å². The molecule has 1 N–H and O–H groups in total. The van der Waals surface area contributed by atoms with Gasteiger partial charge in [0.05, 0.1) is 5.41 Å². The van der Waals surface area contributed by atoms with E-state index in [9.17, 15) is 4.79 Å². The van der Waals surface area contributed by atoms with E-state index in [1.165, 1.54) is 66.6 Å². The van der Waals surface area contributed by atoms with Crippen molar-refractivity contribution in [3.8, 4) is 0 Å². The van der Waals surface area contributed by atoms with Gasteiger partial charge in [0.25, 0.3) is 0 Å². The van der Waals surface area contributed by atoms with Crippen molar-refractivity contribution in [2.24, 2.45) is 5.11 Å². The number of benzene rings is 4. The summed E-state index contributed by atoms with van der Waals surface area (Å²) >= 11 is 0. The summed E-state index contributed by atoms with van der Waals surface area (Å²) in [6.45, 7) is 11.3. The molecule has 282 valence electrons. The Balaban J connectivity index is 1.10. The second kappa shape index (κ2) is 16.1. The van der Waals surface area contributed by atoms with Crippen LogP contribution < -0.4 is 10.2 Å². The number of azide groups is 1.